The standard InChI is InChI=1S/C67H126O17P2/c1-8-11-12-13-14-15-16-17-18-19-20-21-26-36-43-50-66(71)83-62(55-78-65(70)49-42-35-29-27-31-38-45-58(4)5)56-81-85(73,74)79-52-61(68)53-80-86(75,76)82-57-63(84-67(72)51-44-37-30-28-33-40-47-60(7)10-3)54-77-64(69)48-41-34-25-23-22-24-32-39-46-59(6)9-2/h15-18,58-63,68H,8-14,19-57H2,1-7H3,(H,73,74)(H,75,76)/b16-15-,18-17-/t59?,60?,61-,62+,63+/m0/s1. The van der Waals surface area contributed by atoms with Gasteiger partial charge in [0.25, 0.3) is 0 Å². The fourth-order valence-electron chi connectivity index (χ4n) is 9.41. The first-order chi connectivity index (χ1) is 41.3. The Morgan fingerprint density at radius 2 is 0.686 bits per heavy atom. The molecule has 0 saturated heterocycles. The molecule has 86 heavy (non-hydrogen) atoms. The summed E-state index contributed by atoms with van der Waals surface area (Å²) in [4.78, 5) is 72.3. The number of phosphoric acid groups is 2. The minimum absolute atomic E-state index is 0.0832. The van der Waals surface area contributed by atoms with E-state index in [2.05, 4.69) is 72.8 Å². The molecule has 506 valence electrons. The molecule has 0 rings (SSSR count). The van der Waals surface area contributed by atoms with Gasteiger partial charge >= 0.3 is 39.5 Å². The molecule has 19 heteroatoms. The van der Waals surface area contributed by atoms with E-state index < -0.39 is 97.5 Å². The van der Waals surface area contributed by atoms with Gasteiger partial charge in [-0.2, -0.15) is 0 Å². The molecule has 0 aromatic heterocycles. The number of phosphoric ester groups is 2. The lowest BCUT2D eigenvalue weighted by molar-refractivity contribution is -0.161. The van der Waals surface area contributed by atoms with Crippen molar-refractivity contribution in [3.05, 3.63) is 24.3 Å². The molecular weight excluding hydrogens is 1140 g/mol. The summed E-state index contributed by atoms with van der Waals surface area (Å²) in [5.74, 6) is 0.00312. The van der Waals surface area contributed by atoms with Crippen LogP contribution in [0.3, 0.4) is 0 Å². The summed E-state index contributed by atoms with van der Waals surface area (Å²) in [5, 5.41) is 10.5. The molecule has 0 aromatic rings. The highest BCUT2D eigenvalue weighted by molar-refractivity contribution is 7.47. The smallest absolute Gasteiger partial charge is 0.462 e. The lowest BCUT2D eigenvalue weighted by Gasteiger charge is -2.21. The summed E-state index contributed by atoms with van der Waals surface area (Å²) in [5.41, 5.74) is 0. The maximum atomic E-state index is 13.0. The number of aliphatic hydroxyl groups excluding tert-OH is 1. The summed E-state index contributed by atoms with van der Waals surface area (Å²) in [6.07, 6.45) is 42.7. The summed E-state index contributed by atoms with van der Waals surface area (Å²) in [7, 11) is -9.91. The molecule has 0 fully saturated rings. The first kappa shape index (κ1) is 83.5. The molecule has 0 amide bonds. The molecular formula is C67H126O17P2. The highest BCUT2D eigenvalue weighted by Crippen LogP contribution is 2.45. The zero-order valence-electron chi connectivity index (χ0n) is 55.3. The fraction of sp³-hybridized carbons (Fsp3) is 0.881. The van der Waals surface area contributed by atoms with Crippen molar-refractivity contribution in [3.63, 3.8) is 0 Å². The largest absolute Gasteiger partial charge is 0.472 e. The van der Waals surface area contributed by atoms with Crippen LogP contribution in [0.5, 0.6) is 0 Å². The summed E-state index contributed by atoms with van der Waals surface area (Å²) in [6.45, 7) is 11.6. The summed E-state index contributed by atoms with van der Waals surface area (Å²) < 4.78 is 68.0. The SMILES string of the molecule is CCCCCC/C=C\C=C/CCCCCCCC(=O)O[C@H](COC(=O)CCCCCCCCC(C)C)COP(=O)(O)OC[C@H](O)COP(=O)(O)OC[C@@H](COC(=O)CCCCCCCCCCC(C)CC)OC(=O)CCCCCCCCC(C)CC. The number of carbonyl (C=O) groups excluding carboxylic acids is 4. The zero-order valence-corrected chi connectivity index (χ0v) is 57.0. The third-order valence-corrected chi connectivity index (χ3v) is 17.4. The Hall–Kier alpha value is -2.46. The van der Waals surface area contributed by atoms with E-state index in [1.165, 1.54) is 96.3 Å². The van der Waals surface area contributed by atoms with Gasteiger partial charge in [-0.25, -0.2) is 9.13 Å². The molecule has 0 spiro atoms. The van der Waals surface area contributed by atoms with Crippen LogP contribution in [0, 0.1) is 17.8 Å². The number of carbonyl (C=O) groups is 4. The molecule has 0 radical (unpaired) electrons. The molecule has 0 aliphatic rings. The highest BCUT2D eigenvalue weighted by Gasteiger charge is 2.30. The molecule has 0 aliphatic heterocycles. The van der Waals surface area contributed by atoms with E-state index in [0.29, 0.717) is 31.6 Å². The van der Waals surface area contributed by atoms with E-state index in [1.807, 2.05) is 0 Å². The van der Waals surface area contributed by atoms with E-state index >= 15 is 0 Å². The van der Waals surface area contributed by atoms with Crippen molar-refractivity contribution < 1.29 is 80.2 Å². The van der Waals surface area contributed by atoms with Crippen molar-refractivity contribution in [2.45, 2.75) is 324 Å². The third kappa shape index (κ3) is 57.9. The Morgan fingerprint density at radius 3 is 1.03 bits per heavy atom. The van der Waals surface area contributed by atoms with Gasteiger partial charge in [-0.15, -0.1) is 0 Å². The van der Waals surface area contributed by atoms with Crippen molar-refractivity contribution in [3.8, 4) is 0 Å². The number of allylic oxidation sites excluding steroid dienone is 4. The minimum Gasteiger partial charge on any atom is -0.462 e. The Kier molecular flexibility index (Phi) is 56.0. The predicted octanol–water partition coefficient (Wildman–Crippen LogP) is 18.2. The molecule has 0 bridgehead atoms. The average molecular weight is 1270 g/mol. The Balaban J connectivity index is 5.28. The van der Waals surface area contributed by atoms with Gasteiger partial charge in [-0.1, -0.05) is 253 Å². The number of ether oxygens (including phenoxy) is 4. The second-order valence-corrected chi connectivity index (χ2v) is 27.4. The van der Waals surface area contributed by atoms with Crippen molar-refractivity contribution >= 4 is 39.5 Å². The third-order valence-electron chi connectivity index (χ3n) is 15.5. The Labute approximate surface area is 522 Å². The maximum Gasteiger partial charge on any atom is 0.472 e. The van der Waals surface area contributed by atoms with Crippen molar-refractivity contribution in [2.75, 3.05) is 39.6 Å². The number of esters is 4. The Bertz CT molecular complexity index is 1800. The van der Waals surface area contributed by atoms with Crippen LogP contribution in [0.15, 0.2) is 24.3 Å². The van der Waals surface area contributed by atoms with Gasteiger partial charge < -0.3 is 33.8 Å². The van der Waals surface area contributed by atoms with Crippen LogP contribution < -0.4 is 0 Å². The monoisotopic (exact) mass is 1260 g/mol. The van der Waals surface area contributed by atoms with Crippen LogP contribution in [0.4, 0.5) is 0 Å². The van der Waals surface area contributed by atoms with E-state index in [0.717, 1.165) is 121 Å². The van der Waals surface area contributed by atoms with Gasteiger partial charge in [0.2, 0.25) is 0 Å². The predicted molar refractivity (Wildman–Crippen MR) is 344 cm³/mol. The molecule has 17 nitrogen and oxygen atoms in total. The molecule has 3 N–H and O–H groups in total. The first-order valence-corrected chi connectivity index (χ1v) is 37.2. The van der Waals surface area contributed by atoms with Crippen LogP contribution in [0.25, 0.3) is 0 Å². The van der Waals surface area contributed by atoms with Gasteiger partial charge in [0.1, 0.15) is 19.3 Å². The molecule has 0 aromatic carbocycles. The van der Waals surface area contributed by atoms with Gasteiger partial charge in [0, 0.05) is 25.7 Å². The highest BCUT2D eigenvalue weighted by atomic mass is 31.2. The normalized spacial score (nSPS) is 15.1. The van der Waals surface area contributed by atoms with E-state index in [1.54, 1.807) is 0 Å². The second kappa shape index (κ2) is 57.7. The molecule has 0 heterocycles. The van der Waals surface area contributed by atoms with E-state index in [-0.39, 0.29) is 25.7 Å². The first-order valence-electron chi connectivity index (χ1n) is 34.2. The Morgan fingerprint density at radius 1 is 0.384 bits per heavy atom. The number of rotatable bonds is 63. The second-order valence-electron chi connectivity index (χ2n) is 24.5. The van der Waals surface area contributed by atoms with Gasteiger partial charge in [-0.05, 0) is 69.1 Å². The van der Waals surface area contributed by atoms with Crippen LogP contribution in [-0.4, -0.2) is 96.7 Å². The topological polar surface area (TPSA) is 237 Å². The number of aliphatic hydroxyl groups is 1. The number of unbranched alkanes of at least 4 members (excludes halogenated alkanes) is 26. The van der Waals surface area contributed by atoms with Crippen LogP contribution in [-0.2, 0) is 65.4 Å². The zero-order chi connectivity index (χ0) is 63.8. The van der Waals surface area contributed by atoms with E-state index in [4.69, 9.17) is 37.0 Å². The molecule has 4 unspecified atom stereocenters. The lowest BCUT2D eigenvalue weighted by atomic mass is 9.99. The van der Waals surface area contributed by atoms with Gasteiger partial charge in [0.05, 0.1) is 26.4 Å². The molecule has 7 atom stereocenters. The molecule has 0 saturated carbocycles. The van der Waals surface area contributed by atoms with Crippen LogP contribution in [0.1, 0.15) is 305 Å². The van der Waals surface area contributed by atoms with Crippen molar-refractivity contribution in [1.29, 1.82) is 0 Å². The molecule has 0 aliphatic carbocycles. The van der Waals surface area contributed by atoms with Crippen molar-refractivity contribution in [2.24, 2.45) is 17.8 Å². The fourth-order valence-corrected chi connectivity index (χ4v) is 11.0. The summed E-state index contributed by atoms with van der Waals surface area (Å²) in [6, 6.07) is 0. The summed E-state index contributed by atoms with van der Waals surface area (Å²) >= 11 is 0. The van der Waals surface area contributed by atoms with Gasteiger partial charge in [0.15, 0.2) is 12.2 Å². The quantitative estimate of drug-likeness (QED) is 0.0169. The number of hydrogen-bond donors (Lipinski definition) is 3. The maximum absolute atomic E-state index is 13.0. The van der Waals surface area contributed by atoms with Crippen LogP contribution in [0.2, 0.25) is 0 Å². The van der Waals surface area contributed by atoms with Gasteiger partial charge in [-0.3, -0.25) is 37.3 Å². The number of hydrogen-bond acceptors (Lipinski definition) is 15. The van der Waals surface area contributed by atoms with E-state index in [9.17, 15) is 43.2 Å². The lowest BCUT2D eigenvalue weighted by Crippen LogP contribution is -2.30. The average Bonchev–Trinajstić information content (AvgIpc) is 3.63. The van der Waals surface area contributed by atoms with Crippen molar-refractivity contribution in [1.82, 2.24) is 0 Å². The van der Waals surface area contributed by atoms with Crippen LogP contribution >= 0.6 is 15.6 Å². The minimum atomic E-state index is -4.96.